The second kappa shape index (κ2) is 5.87. The van der Waals surface area contributed by atoms with Gasteiger partial charge in [0.25, 0.3) is 0 Å². The van der Waals surface area contributed by atoms with Crippen LogP contribution >= 0.6 is 11.6 Å². The van der Waals surface area contributed by atoms with Gasteiger partial charge in [0.05, 0.1) is 12.1 Å². The summed E-state index contributed by atoms with van der Waals surface area (Å²) in [6, 6.07) is 7.20. The Balaban J connectivity index is 1.74. The Labute approximate surface area is 128 Å². The van der Waals surface area contributed by atoms with Crippen LogP contribution in [0.25, 0.3) is 0 Å². The third-order valence-corrected chi connectivity index (χ3v) is 4.03. The number of rotatable bonds is 3. The van der Waals surface area contributed by atoms with Gasteiger partial charge in [-0.3, -0.25) is 9.48 Å². The summed E-state index contributed by atoms with van der Waals surface area (Å²) in [5.74, 6) is 0.0576. The largest absolute Gasteiger partial charge is 0.326 e. The number of aryl methyl sites for hydroxylation is 1. The summed E-state index contributed by atoms with van der Waals surface area (Å²) in [4.78, 5) is 12.5. The number of amides is 1. The molecule has 0 spiro atoms. The van der Waals surface area contributed by atoms with E-state index in [1.54, 1.807) is 16.8 Å². The first-order valence-corrected chi connectivity index (χ1v) is 7.27. The highest BCUT2D eigenvalue weighted by Gasteiger charge is 2.34. The Hall–Kier alpha value is -1.85. The van der Waals surface area contributed by atoms with Crippen molar-refractivity contribution >= 4 is 23.2 Å². The predicted octanol–water partition coefficient (Wildman–Crippen LogP) is 2.02. The van der Waals surface area contributed by atoms with Crippen molar-refractivity contribution in [3.05, 3.63) is 47.2 Å². The molecule has 0 radical (unpaired) electrons. The van der Waals surface area contributed by atoms with Crippen LogP contribution in [0, 0.1) is 5.92 Å². The van der Waals surface area contributed by atoms with E-state index in [0.717, 1.165) is 17.8 Å². The Kier molecular flexibility index (Phi) is 3.94. The Morgan fingerprint density at radius 1 is 1.48 bits per heavy atom. The van der Waals surface area contributed by atoms with Crippen molar-refractivity contribution < 1.29 is 4.79 Å². The maximum absolute atomic E-state index is 12.5. The standard InChI is InChI=1S/C15H17ClN4O/c1-20-9-10(6-18-20)13-7-17-8-14(13)15(21)19-12-4-2-3-11(16)5-12/h2-6,9,13-14,17H,7-8H2,1H3,(H,19,21)/t13-,14+/m1/s1. The fourth-order valence-corrected chi connectivity index (χ4v) is 2.93. The van der Waals surface area contributed by atoms with E-state index < -0.39 is 0 Å². The Morgan fingerprint density at radius 2 is 2.33 bits per heavy atom. The van der Waals surface area contributed by atoms with Gasteiger partial charge in [-0.25, -0.2) is 0 Å². The lowest BCUT2D eigenvalue weighted by atomic mass is 9.90. The highest BCUT2D eigenvalue weighted by molar-refractivity contribution is 6.30. The lowest BCUT2D eigenvalue weighted by Gasteiger charge is -2.17. The van der Waals surface area contributed by atoms with Crippen molar-refractivity contribution in [2.45, 2.75) is 5.92 Å². The number of nitrogens with one attached hydrogen (secondary N) is 2. The first kappa shape index (κ1) is 14.1. The van der Waals surface area contributed by atoms with Gasteiger partial charge in [-0.15, -0.1) is 0 Å². The molecule has 110 valence electrons. The molecule has 0 unspecified atom stereocenters. The molecule has 0 aliphatic carbocycles. The summed E-state index contributed by atoms with van der Waals surface area (Å²) >= 11 is 5.94. The molecule has 1 aromatic heterocycles. The molecule has 3 rings (SSSR count). The molecule has 1 amide bonds. The van der Waals surface area contributed by atoms with E-state index in [9.17, 15) is 4.79 Å². The number of carbonyl (C=O) groups excluding carboxylic acids is 1. The minimum absolute atomic E-state index is 0.0103. The molecular weight excluding hydrogens is 288 g/mol. The fraction of sp³-hybridized carbons (Fsp3) is 0.333. The second-order valence-corrected chi connectivity index (χ2v) is 5.75. The third kappa shape index (κ3) is 3.09. The predicted molar refractivity (Wildman–Crippen MR) is 82.4 cm³/mol. The molecule has 2 atom stereocenters. The normalized spacial score (nSPS) is 21.4. The highest BCUT2D eigenvalue weighted by Crippen LogP contribution is 2.29. The summed E-state index contributed by atoms with van der Waals surface area (Å²) in [6.45, 7) is 1.46. The van der Waals surface area contributed by atoms with E-state index in [2.05, 4.69) is 15.7 Å². The summed E-state index contributed by atoms with van der Waals surface area (Å²) in [7, 11) is 1.88. The van der Waals surface area contributed by atoms with Crippen LogP contribution in [-0.4, -0.2) is 28.8 Å². The van der Waals surface area contributed by atoms with Crippen LogP contribution in [0.5, 0.6) is 0 Å². The Bertz CT molecular complexity index is 655. The van der Waals surface area contributed by atoms with Crippen LogP contribution in [-0.2, 0) is 11.8 Å². The summed E-state index contributed by atoms with van der Waals surface area (Å²) in [5, 5.41) is 11.0. The van der Waals surface area contributed by atoms with Gasteiger partial charge in [0.1, 0.15) is 0 Å². The minimum atomic E-state index is -0.104. The number of hydrogen-bond acceptors (Lipinski definition) is 3. The molecule has 1 aromatic carbocycles. The summed E-state index contributed by atoms with van der Waals surface area (Å²) in [6.07, 6.45) is 3.80. The number of anilines is 1. The smallest absolute Gasteiger partial charge is 0.229 e. The van der Waals surface area contributed by atoms with Crippen molar-refractivity contribution in [2.24, 2.45) is 13.0 Å². The average molecular weight is 305 g/mol. The number of nitrogens with zero attached hydrogens (tertiary/aromatic N) is 2. The number of carbonyl (C=O) groups is 1. The first-order valence-electron chi connectivity index (χ1n) is 6.89. The van der Waals surface area contributed by atoms with Gasteiger partial charge in [-0.1, -0.05) is 17.7 Å². The Morgan fingerprint density at radius 3 is 3.05 bits per heavy atom. The van der Waals surface area contributed by atoms with Gasteiger partial charge in [0.15, 0.2) is 0 Å². The molecule has 2 aromatic rings. The first-order chi connectivity index (χ1) is 10.1. The van der Waals surface area contributed by atoms with Crippen LogP contribution in [0.15, 0.2) is 36.7 Å². The van der Waals surface area contributed by atoms with Crippen molar-refractivity contribution in [2.75, 3.05) is 18.4 Å². The summed E-state index contributed by atoms with van der Waals surface area (Å²) in [5.41, 5.74) is 1.82. The van der Waals surface area contributed by atoms with Crippen molar-refractivity contribution in [3.8, 4) is 0 Å². The van der Waals surface area contributed by atoms with Gasteiger partial charge in [0, 0.05) is 43.0 Å². The van der Waals surface area contributed by atoms with Gasteiger partial charge in [-0.05, 0) is 23.8 Å². The van der Waals surface area contributed by atoms with Crippen LogP contribution in [0.3, 0.4) is 0 Å². The number of halogens is 1. The quantitative estimate of drug-likeness (QED) is 0.912. The molecule has 6 heteroatoms. The van der Waals surface area contributed by atoms with Gasteiger partial charge in [-0.2, -0.15) is 5.10 Å². The van der Waals surface area contributed by atoms with Gasteiger partial charge < -0.3 is 10.6 Å². The van der Waals surface area contributed by atoms with Crippen LogP contribution in [0.1, 0.15) is 11.5 Å². The van der Waals surface area contributed by atoms with E-state index in [-0.39, 0.29) is 17.7 Å². The zero-order valence-electron chi connectivity index (χ0n) is 11.7. The van der Waals surface area contributed by atoms with Crippen molar-refractivity contribution in [3.63, 3.8) is 0 Å². The molecule has 0 saturated carbocycles. The number of aromatic nitrogens is 2. The van der Waals surface area contributed by atoms with E-state index in [1.807, 2.05) is 31.6 Å². The maximum atomic E-state index is 12.5. The molecule has 2 N–H and O–H groups in total. The van der Waals surface area contributed by atoms with Crippen LogP contribution < -0.4 is 10.6 Å². The van der Waals surface area contributed by atoms with E-state index in [1.165, 1.54) is 0 Å². The van der Waals surface area contributed by atoms with Crippen molar-refractivity contribution in [1.29, 1.82) is 0 Å². The number of benzene rings is 1. The zero-order chi connectivity index (χ0) is 14.8. The topological polar surface area (TPSA) is 59.0 Å². The highest BCUT2D eigenvalue weighted by atomic mass is 35.5. The molecule has 5 nitrogen and oxygen atoms in total. The fourth-order valence-electron chi connectivity index (χ4n) is 2.74. The van der Waals surface area contributed by atoms with E-state index >= 15 is 0 Å². The molecule has 1 fully saturated rings. The molecule has 1 saturated heterocycles. The van der Waals surface area contributed by atoms with E-state index in [4.69, 9.17) is 11.6 Å². The molecule has 2 heterocycles. The number of hydrogen-bond donors (Lipinski definition) is 2. The van der Waals surface area contributed by atoms with Crippen LogP contribution in [0.4, 0.5) is 5.69 Å². The van der Waals surface area contributed by atoms with Crippen molar-refractivity contribution in [1.82, 2.24) is 15.1 Å². The van der Waals surface area contributed by atoms with Crippen LogP contribution in [0.2, 0.25) is 5.02 Å². The minimum Gasteiger partial charge on any atom is -0.326 e. The SMILES string of the molecule is Cn1cc([C@H]2CNC[C@@H]2C(=O)Nc2cccc(Cl)c2)cn1. The summed E-state index contributed by atoms with van der Waals surface area (Å²) < 4.78 is 1.76. The van der Waals surface area contributed by atoms with E-state index in [0.29, 0.717) is 11.6 Å². The lowest BCUT2D eigenvalue weighted by Crippen LogP contribution is -2.28. The van der Waals surface area contributed by atoms with Gasteiger partial charge in [0.2, 0.25) is 5.91 Å². The molecule has 1 aliphatic rings. The van der Waals surface area contributed by atoms with Gasteiger partial charge >= 0.3 is 0 Å². The molecule has 1 aliphatic heterocycles. The second-order valence-electron chi connectivity index (χ2n) is 5.32. The molecule has 0 bridgehead atoms. The molecular formula is C15H17ClN4O. The molecule has 21 heavy (non-hydrogen) atoms. The maximum Gasteiger partial charge on any atom is 0.229 e. The zero-order valence-corrected chi connectivity index (χ0v) is 12.5. The average Bonchev–Trinajstić information content (AvgIpc) is 3.06. The third-order valence-electron chi connectivity index (χ3n) is 3.80. The monoisotopic (exact) mass is 304 g/mol. The lowest BCUT2D eigenvalue weighted by molar-refractivity contribution is -0.119.